The third-order valence-corrected chi connectivity index (χ3v) is 6.32. The van der Waals surface area contributed by atoms with Crippen molar-refractivity contribution in [3.05, 3.63) is 93.5 Å². The predicted octanol–water partition coefficient (Wildman–Crippen LogP) is 5.10. The number of Topliss-reactive ketones (excluding diaryl/α,β-unsaturated/α-hetero) is 1. The number of aliphatic hydroxyl groups excluding tert-OH is 1. The summed E-state index contributed by atoms with van der Waals surface area (Å²) in [5, 5.41) is 21.6. The van der Waals surface area contributed by atoms with Crippen LogP contribution in [0.25, 0.3) is 5.76 Å². The average molecular weight is 494 g/mol. The van der Waals surface area contributed by atoms with Crippen LogP contribution in [0.3, 0.4) is 0 Å². The van der Waals surface area contributed by atoms with E-state index < -0.39 is 17.7 Å². The molecule has 32 heavy (non-hydrogen) atoms. The number of aryl methyl sites for hydroxylation is 1. The number of rotatable bonds is 4. The normalized spacial score (nSPS) is 17.6. The zero-order chi connectivity index (χ0) is 23.0. The Labute approximate surface area is 193 Å². The van der Waals surface area contributed by atoms with Gasteiger partial charge in [-0.05, 0) is 54.4 Å². The molecule has 1 heterocycles. The number of aromatic hydroxyl groups is 1. The molecular weight excluding hydrogens is 474 g/mol. The molecule has 0 aromatic heterocycles. The molecule has 3 aromatic carbocycles. The summed E-state index contributed by atoms with van der Waals surface area (Å²) >= 11 is 3.43. The Morgan fingerprint density at radius 3 is 2.47 bits per heavy atom. The van der Waals surface area contributed by atoms with Crippen LogP contribution in [-0.2, 0) is 9.59 Å². The fraction of sp³-hybridized carbons (Fsp3) is 0.120. The zero-order valence-electron chi connectivity index (χ0n) is 17.4. The molecular formula is C25H20BrNO5. The first-order valence-electron chi connectivity index (χ1n) is 9.83. The second-order valence-electron chi connectivity index (χ2n) is 7.40. The lowest BCUT2D eigenvalue weighted by atomic mass is 9.94. The number of halogens is 1. The predicted molar refractivity (Wildman–Crippen MR) is 125 cm³/mol. The number of carbonyl (C=O) groups is 2. The number of ketones is 1. The largest absolute Gasteiger partial charge is 0.507 e. The second-order valence-corrected chi connectivity index (χ2v) is 8.25. The third kappa shape index (κ3) is 3.65. The second kappa shape index (κ2) is 8.51. The number of carbonyl (C=O) groups excluding carboxylic acids is 2. The molecule has 1 aliphatic rings. The number of nitrogens with zero attached hydrogens (tertiary/aromatic N) is 1. The molecule has 3 aromatic rings. The number of aliphatic hydroxyl groups is 1. The molecule has 0 saturated carbocycles. The summed E-state index contributed by atoms with van der Waals surface area (Å²) in [6, 6.07) is 17.4. The molecule has 0 radical (unpaired) electrons. The third-order valence-electron chi connectivity index (χ3n) is 5.43. The minimum absolute atomic E-state index is 0.0618. The molecule has 0 aliphatic carbocycles. The van der Waals surface area contributed by atoms with Crippen molar-refractivity contribution in [2.24, 2.45) is 0 Å². The van der Waals surface area contributed by atoms with E-state index in [1.54, 1.807) is 60.7 Å². The van der Waals surface area contributed by atoms with E-state index >= 15 is 0 Å². The molecule has 1 fully saturated rings. The van der Waals surface area contributed by atoms with Crippen molar-refractivity contribution in [3.8, 4) is 11.5 Å². The number of para-hydroxylation sites is 2. The van der Waals surface area contributed by atoms with Gasteiger partial charge in [0, 0.05) is 10.0 Å². The Morgan fingerprint density at radius 2 is 1.78 bits per heavy atom. The fourth-order valence-electron chi connectivity index (χ4n) is 3.82. The van der Waals surface area contributed by atoms with Crippen molar-refractivity contribution in [2.75, 3.05) is 12.0 Å². The molecule has 1 amide bonds. The maximum atomic E-state index is 13.2. The quantitative estimate of drug-likeness (QED) is 0.300. The standard InChI is InChI=1S/C25H20BrNO5/c1-14-12-16(10-11-18(14)26)23(29)21-22(15-6-5-7-17(13-15)32-2)27(25(31)24(21)30)19-8-3-4-9-20(19)28/h3-13,22,28-29H,1-2H3/b23-21-. The van der Waals surface area contributed by atoms with Crippen LogP contribution in [-0.4, -0.2) is 29.0 Å². The Balaban J connectivity index is 1.99. The van der Waals surface area contributed by atoms with E-state index in [2.05, 4.69) is 15.9 Å². The number of ether oxygens (including phenoxy) is 1. The van der Waals surface area contributed by atoms with Crippen LogP contribution >= 0.6 is 15.9 Å². The minimum Gasteiger partial charge on any atom is -0.507 e. The highest BCUT2D eigenvalue weighted by Gasteiger charge is 2.47. The number of methoxy groups -OCH3 is 1. The van der Waals surface area contributed by atoms with Gasteiger partial charge in [-0.1, -0.05) is 46.3 Å². The van der Waals surface area contributed by atoms with E-state index in [4.69, 9.17) is 4.74 Å². The van der Waals surface area contributed by atoms with E-state index in [0.717, 1.165) is 10.0 Å². The van der Waals surface area contributed by atoms with E-state index in [1.165, 1.54) is 18.1 Å². The molecule has 1 aliphatic heterocycles. The zero-order valence-corrected chi connectivity index (χ0v) is 19.0. The van der Waals surface area contributed by atoms with E-state index in [-0.39, 0.29) is 22.8 Å². The highest BCUT2D eigenvalue weighted by molar-refractivity contribution is 9.10. The van der Waals surface area contributed by atoms with Crippen molar-refractivity contribution in [3.63, 3.8) is 0 Å². The van der Waals surface area contributed by atoms with Gasteiger partial charge >= 0.3 is 0 Å². The molecule has 0 spiro atoms. The van der Waals surface area contributed by atoms with Crippen LogP contribution in [0.15, 0.2) is 76.8 Å². The summed E-state index contributed by atoms with van der Waals surface area (Å²) < 4.78 is 6.18. The maximum Gasteiger partial charge on any atom is 0.300 e. The Bertz CT molecular complexity index is 1270. The van der Waals surface area contributed by atoms with Crippen LogP contribution in [0.1, 0.15) is 22.7 Å². The molecule has 162 valence electrons. The number of phenols is 1. The van der Waals surface area contributed by atoms with E-state index in [0.29, 0.717) is 16.9 Å². The van der Waals surface area contributed by atoms with Gasteiger partial charge in [0.1, 0.15) is 17.3 Å². The van der Waals surface area contributed by atoms with Gasteiger partial charge in [0.15, 0.2) is 0 Å². The number of anilines is 1. The van der Waals surface area contributed by atoms with Gasteiger partial charge < -0.3 is 14.9 Å². The highest BCUT2D eigenvalue weighted by atomic mass is 79.9. The van der Waals surface area contributed by atoms with Crippen molar-refractivity contribution in [1.29, 1.82) is 0 Å². The van der Waals surface area contributed by atoms with Gasteiger partial charge in [-0.15, -0.1) is 0 Å². The van der Waals surface area contributed by atoms with Crippen molar-refractivity contribution >= 4 is 39.1 Å². The van der Waals surface area contributed by atoms with Crippen molar-refractivity contribution in [2.45, 2.75) is 13.0 Å². The first-order chi connectivity index (χ1) is 15.3. The lowest BCUT2D eigenvalue weighted by Crippen LogP contribution is -2.29. The molecule has 1 unspecified atom stereocenters. The van der Waals surface area contributed by atoms with Crippen molar-refractivity contribution < 1.29 is 24.5 Å². The first-order valence-corrected chi connectivity index (χ1v) is 10.6. The van der Waals surface area contributed by atoms with Crippen LogP contribution in [0.4, 0.5) is 5.69 Å². The maximum absolute atomic E-state index is 13.2. The summed E-state index contributed by atoms with van der Waals surface area (Å²) in [7, 11) is 1.52. The molecule has 4 rings (SSSR count). The Morgan fingerprint density at radius 1 is 1.03 bits per heavy atom. The lowest BCUT2D eigenvalue weighted by Gasteiger charge is -2.26. The van der Waals surface area contributed by atoms with Gasteiger partial charge in [-0.25, -0.2) is 0 Å². The number of hydrogen-bond acceptors (Lipinski definition) is 5. The molecule has 2 N–H and O–H groups in total. The van der Waals surface area contributed by atoms with Gasteiger partial charge in [0.05, 0.1) is 24.4 Å². The summed E-state index contributed by atoms with van der Waals surface area (Å²) in [6.45, 7) is 1.86. The first kappa shape index (κ1) is 21.6. The molecule has 7 heteroatoms. The van der Waals surface area contributed by atoms with Gasteiger partial charge in [0.2, 0.25) is 0 Å². The number of phenolic OH excluding ortho intramolecular Hbond substituents is 1. The van der Waals surface area contributed by atoms with Crippen LogP contribution < -0.4 is 9.64 Å². The smallest absolute Gasteiger partial charge is 0.300 e. The molecule has 1 saturated heterocycles. The van der Waals surface area contributed by atoms with Crippen molar-refractivity contribution in [1.82, 2.24) is 0 Å². The van der Waals surface area contributed by atoms with Crippen LogP contribution in [0.2, 0.25) is 0 Å². The monoisotopic (exact) mass is 493 g/mol. The van der Waals surface area contributed by atoms with Gasteiger partial charge in [0.25, 0.3) is 11.7 Å². The highest BCUT2D eigenvalue weighted by Crippen LogP contribution is 2.45. The average Bonchev–Trinajstić information content (AvgIpc) is 3.06. The Kier molecular flexibility index (Phi) is 5.76. The summed E-state index contributed by atoms with van der Waals surface area (Å²) in [6.07, 6.45) is 0. The Hall–Kier alpha value is -3.58. The van der Waals surface area contributed by atoms with Crippen LogP contribution in [0.5, 0.6) is 11.5 Å². The number of benzene rings is 3. The molecule has 6 nitrogen and oxygen atoms in total. The molecule has 1 atom stereocenters. The fourth-order valence-corrected chi connectivity index (χ4v) is 4.07. The van der Waals surface area contributed by atoms with E-state index in [9.17, 15) is 19.8 Å². The summed E-state index contributed by atoms with van der Waals surface area (Å²) in [5.74, 6) is -1.58. The topological polar surface area (TPSA) is 87.1 Å². The molecule has 0 bridgehead atoms. The van der Waals surface area contributed by atoms with Gasteiger partial charge in [-0.2, -0.15) is 0 Å². The SMILES string of the molecule is COc1cccc(C2/C(=C(/O)c3ccc(Br)c(C)c3)C(=O)C(=O)N2c2ccccc2O)c1. The minimum atomic E-state index is -0.956. The number of hydrogen-bond donors (Lipinski definition) is 2. The lowest BCUT2D eigenvalue weighted by molar-refractivity contribution is -0.132. The van der Waals surface area contributed by atoms with Crippen LogP contribution in [0, 0.1) is 6.92 Å². The van der Waals surface area contributed by atoms with Gasteiger partial charge in [-0.3, -0.25) is 14.5 Å². The summed E-state index contributed by atoms with van der Waals surface area (Å²) in [4.78, 5) is 27.5. The van der Waals surface area contributed by atoms with E-state index in [1.807, 2.05) is 6.92 Å². The summed E-state index contributed by atoms with van der Waals surface area (Å²) in [5.41, 5.74) is 1.94. The number of amides is 1.